The Morgan fingerprint density at radius 1 is 1.50 bits per heavy atom. The third kappa shape index (κ3) is 4.29. The average molecular weight is 148 g/mol. The summed E-state index contributed by atoms with van der Waals surface area (Å²) >= 11 is 0. The van der Waals surface area contributed by atoms with Gasteiger partial charge in [-0.15, -0.1) is 0 Å². The second-order valence-corrected chi connectivity index (χ2v) is 2.38. The summed E-state index contributed by atoms with van der Waals surface area (Å²) in [7, 11) is 0. The van der Waals surface area contributed by atoms with Crippen molar-refractivity contribution in [2.45, 2.75) is 25.3 Å². The van der Waals surface area contributed by atoms with E-state index in [9.17, 15) is 4.79 Å². The third-order valence-electron chi connectivity index (χ3n) is 1.40. The molecule has 0 heterocycles. The lowest BCUT2D eigenvalue weighted by Crippen LogP contribution is -2.64. The largest absolute Gasteiger partial charge is 0.477 e. The van der Waals surface area contributed by atoms with Crippen LogP contribution in [0, 0.1) is 0 Å². The molecule has 0 aliphatic heterocycles. The minimum absolute atomic E-state index is 0.438. The second kappa shape index (κ2) is 5.20. The highest BCUT2D eigenvalue weighted by Crippen LogP contribution is 1.95. The fraction of sp³-hybridized carbons (Fsp3) is 0.833. The zero-order valence-electron chi connectivity index (χ0n) is 6.18. The van der Waals surface area contributed by atoms with Gasteiger partial charge in [-0.05, 0) is 12.8 Å². The first kappa shape index (κ1) is 9.39. The molecule has 0 aliphatic rings. The summed E-state index contributed by atoms with van der Waals surface area (Å²) in [5.74, 6) is -0.802. The Labute approximate surface area is 60.2 Å². The number of carbonyl (C=O) groups is 1. The molecule has 0 aromatic carbocycles. The van der Waals surface area contributed by atoms with E-state index in [2.05, 4.69) is 11.5 Å². The van der Waals surface area contributed by atoms with Gasteiger partial charge in [-0.3, -0.25) is 0 Å². The van der Waals surface area contributed by atoms with E-state index in [4.69, 9.17) is 5.11 Å². The number of rotatable bonds is 5. The number of hydrogen-bond donors (Lipinski definition) is 3. The lowest BCUT2D eigenvalue weighted by Gasteiger charge is -1.99. The summed E-state index contributed by atoms with van der Waals surface area (Å²) in [5.41, 5.74) is 7.15. The quantitative estimate of drug-likeness (QED) is 0.397. The molecule has 0 aromatic heterocycles. The Morgan fingerprint density at radius 2 is 2.10 bits per heavy atom. The van der Waals surface area contributed by atoms with E-state index >= 15 is 0 Å². The maximum atomic E-state index is 10.2. The molecule has 0 amide bonds. The highest BCUT2D eigenvalue weighted by Gasteiger charge is 2.13. The summed E-state index contributed by atoms with van der Waals surface area (Å²) in [4.78, 5) is 10.2. The number of carboxylic acids is 1. The van der Waals surface area contributed by atoms with Gasteiger partial charge in [0, 0.05) is 6.42 Å². The van der Waals surface area contributed by atoms with Crippen molar-refractivity contribution in [1.29, 1.82) is 0 Å². The highest BCUT2D eigenvalue weighted by molar-refractivity contribution is 5.71. The Hall–Kier alpha value is -0.610. The first-order valence-corrected chi connectivity index (χ1v) is 3.53. The normalized spacial score (nSPS) is 13.0. The molecule has 0 radical (unpaired) electrons. The van der Waals surface area contributed by atoms with E-state index < -0.39 is 12.0 Å². The molecule has 0 rings (SSSR count). The van der Waals surface area contributed by atoms with Gasteiger partial charge >= 0.3 is 5.97 Å². The summed E-state index contributed by atoms with van der Waals surface area (Å²) in [6.07, 6.45) is 2.59. The molecule has 1 atom stereocenters. The zero-order chi connectivity index (χ0) is 7.98. The molecular formula is C6H16N2O2+2. The van der Waals surface area contributed by atoms with E-state index in [1.807, 2.05) is 0 Å². The van der Waals surface area contributed by atoms with E-state index in [0.29, 0.717) is 6.42 Å². The number of unbranched alkanes of at least 4 members (excludes halogenated alkanes) is 1. The monoisotopic (exact) mass is 148 g/mol. The van der Waals surface area contributed by atoms with E-state index in [0.717, 1.165) is 19.4 Å². The minimum atomic E-state index is -0.802. The first-order chi connectivity index (χ1) is 4.68. The van der Waals surface area contributed by atoms with Crippen LogP contribution in [-0.4, -0.2) is 23.7 Å². The van der Waals surface area contributed by atoms with Gasteiger partial charge in [0.2, 0.25) is 0 Å². The Kier molecular flexibility index (Phi) is 4.88. The Balaban J connectivity index is 3.21. The van der Waals surface area contributed by atoms with E-state index in [1.165, 1.54) is 0 Å². The van der Waals surface area contributed by atoms with E-state index in [1.54, 1.807) is 0 Å². The van der Waals surface area contributed by atoms with Crippen LogP contribution in [-0.2, 0) is 4.79 Å². The molecule has 0 fully saturated rings. The van der Waals surface area contributed by atoms with Crippen LogP contribution in [0.2, 0.25) is 0 Å². The van der Waals surface area contributed by atoms with Crippen molar-refractivity contribution in [1.82, 2.24) is 0 Å². The molecule has 0 aliphatic carbocycles. The standard InChI is InChI=1S/C6H14N2O2/c7-4-2-1-3-5(8)6(9)10/h5H,1-4,7-8H2,(H,9,10)/p+2/t5-/m0/s1. The Morgan fingerprint density at radius 3 is 2.50 bits per heavy atom. The molecule has 0 saturated carbocycles. The van der Waals surface area contributed by atoms with Gasteiger partial charge in [-0.25, -0.2) is 4.79 Å². The van der Waals surface area contributed by atoms with Gasteiger partial charge in [0.05, 0.1) is 6.54 Å². The molecule has 0 bridgehead atoms. The van der Waals surface area contributed by atoms with Gasteiger partial charge in [0.25, 0.3) is 0 Å². The molecule has 0 spiro atoms. The molecule has 0 unspecified atom stereocenters. The molecule has 7 N–H and O–H groups in total. The van der Waals surface area contributed by atoms with Crippen LogP contribution >= 0.6 is 0 Å². The van der Waals surface area contributed by atoms with Gasteiger partial charge in [-0.1, -0.05) is 0 Å². The molecule has 60 valence electrons. The maximum Gasteiger partial charge on any atom is 0.362 e. The van der Waals surface area contributed by atoms with Crippen molar-refractivity contribution >= 4 is 5.97 Å². The number of quaternary nitrogens is 2. The van der Waals surface area contributed by atoms with Crippen LogP contribution in [0.25, 0.3) is 0 Å². The van der Waals surface area contributed by atoms with Crippen LogP contribution in [0.4, 0.5) is 0 Å². The summed E-state index contributed by atoms with van der Waals surface area (Å²) in [5, 5.41) is 8.40. The van der Waals surface area contributed by atoms with Crippen LogP contribution < -0.4 is 11.5 Å². The Bertz CT molecular complexity index is 106. The van der Waals surface area contributed by atoms with Crippen molar-refractivity contribution in [2.24, 2.45) is 0 Å². The number of carboxylic acid groups (broad SMARTS) is 1. The smallest absolute Gasteiger partial charge is 0.362 e. The maximum absolute atomic E-state index is 10.2. The van der Waals surface area contributed by atoms with Crippen molar-refractivity contribution in [2.75, 3.05) is 6.54 Å². The van der Waals surface area contributed by atoms with Crippen molar-refractivity contribution in [3.05, 3.63) is 0 Å². The predicted molar refractivity (Wildman–Crippen MR) is 35.9 cm³/mol. The molecule has 4 nitrogen and oxygen atoms in total. The number of hydrogen-bond acceptors (Lipinski definition) is 1. The fourth-order valence-electron chi connectivity index (χ4n) is 0.691. The SMILES string of the molecule is [NH3+]CCCC[C@H]([NH3+])C(=O)O. The van der Waals surface area contributed by atoms with Gasteiger partial charge in [0.1, 0.15) is 0 Å². The predicted octanol–water partition coefficient (Wildman–Crippen LogP) is -1.91. The topological polar surface area (TPSA) is 92.6 Å². The van der Waals surface area contributed by atoms with Crippen molar-refractivity contribution < 1.29 is 21.4 Å². The average Bonchev–Trinajstić information content (AvgIpc) is 1.88. The summed E-state index contributed by atoms with van der Waals surface area (Å²) < 4.78 is 0. The highest BCUT2D eigenvalue weighted by atomic mass is 16.4. The molecule has 4 heteroatoms. The number of aliphatic carboxylic acids is 1. The van der Waals surface area contributed by atoms with Gasteiger partial charge in [-0.2, -0.15) is 0 Å². The lowest BCUT2D eigenvalue weighted by atomic mass is 10.1. The summed E-state index contributed by atoms with van der Waals surface area (Å²) in [6.45, 7) is 0.881. The molecule has 10 heavy (non-hydrogen) atoms. The van der Waals surface area contributed by atoms with Crippen LogP contribution in [0.5, 0.6) is 0 Å². The molecule has 0 aromatic rings. The summed E-state index contributed by atoms with van der Waals surface area (Å²) in [6, 6.07) is -0.438. The van der Waals surface area contributed by atoms with Gasteiger partial charge < -0.3 is 16.6 Å². The first-order valence-electron chi connectivity index (χ1n) is 3.53. The van der Waals surface area contributed by atoms with Crippen molar-refractivity contribution in [3.8, 4) is 0 Å². The lowest BCUT2D eigenvalue weighted by molar-refractivity contribution is -0.410. The zero-order valence-corrected chi connectivity index (χ0v) is 6.18. The van der Waals surface area contributed by atoms with Crippen molar-refractivity contribution in [3.63, 3.8) is 0 Å². The fourth-order valence-corrected chi connectivity index (χ4v) is 0.691. The van der Waals surface area contributed by atoms with E-state index in [-0.39, 0.29) is 0 Å². The molecular weight excluding hydrogens is 132 g/mol. The van der Waals surface area contributed by atoms with Crippen LogP contribution in [0.15, 0.2) is 0 Å². The third-order valence-corrected chi connectivity index (χ3v) is 1.40. The minimum Gasteiger partial charge on any atom is -0.477 e. The van der Waals surface area contributed by atoms with Crippen LogP contribution in [0.3, 0.4) is 0 Å². The van der Waals surface area contributed by atoms with Gasteiger partial charge in [0.15, 0.2) is 6.04 Å². The second-order valence-electron chi connectivity index (χ2n) is 2.38. The van der Waals surface area contributed by atoms with Crippen LogP contribution in [0.1, 0.15) is 19.3 Å². The molecule has 0 saturated heterocycles.